The number of fused-ring (bicyclic) bond motifs is 7. The molecule has 0 fully saturated rings. The van der Waals surface area contributed by atoms with Crippen molar-refractivity contribution < 1.29 is 46.3 Å². The van der Waals surface area contributed by atoms with Crippen LogP contribution in [-0.4, -0.2) is 108 Å². The standard InChI is InChI=1S/C12H15NO3.C12H17NO.3C11H14FNO/c1-13-6-10-11-8(4-5-14-10)2-3-9-12(11)16-7-15-9;1-9-3-4-11-10(7-9)5-6-14-12(11)8-13-2;1-13-7-11-9-3-2-4-10(12)8(9)5-6-14-11;2*1-13-7-10-11-8(5-6-14-10)3-2-4-9(11)12/h2-3,10,13H,4-7H2,1H3;3-4,7,12-13H,5-6,8H2,1-2H3;2-4,11,13H,5-7H2,1H3;2*2-4,10,13H,5-7H2,1H3/t10-;12-;11-;2*10-/m00010/s1. The highest BCUT2D eigenvalue weighted by atomic mass is 19.1. The summed E-state index contributed by atoms with van der Waals surface area (Å²) in [6, 6.07) is 26.4. The van der Waals surface area contributed by atoms with E-state index in [4.69, 9.17) is 33.2 Å². The maximum absolute atomic E-state index is 13.5. The summed E-state index contributed by atoms with van der Waals surface area (Å²) in [4.78, 5) is 0. The zero-order chi connectivity index (χ0) is 50.8. The van der Waals surface area contributed by atoms with E-state index in [1.165, 1.54) is 40.5 Å². The van der Waals surface area contributed by atoms with Gasteiger partial charge in [0.1, 0.15) is 17.5 Å². The van der Waals surface area contributed by atoms with Crippen LogP contribution >= 0.6 is 0 Å². The van der Waals surface area contributed by atoms with Gasteiger partial charge in [-0.15, -0.1) is 0 Å². The van der Waals surface area contributed by atoms with Gasteiger partial charge in [0.05, 0.1) is 63.6 Å². The molecule has 0 unspecified atom stereocenters. The molecule has 6 aliphatic rings. The summed E-state index contributed by atoms with van der Waals surface area (Å²) in [6.45, 7) is 9.82. The number of halogens is 3. The number of ether oxygens (including phenoxy) is 7. The predicted octanol–water partition coefficient (Wildman–Crippen LogP) is 8.05. The SMILES string of the molecule is CNC[C@@H]1OCCc2c(F)cccc21.CNC[C@@H]1OCCc2cc(C)ccc21.CNC[C@@H]1OCCc2ccc3c(c21)OCO3.CNC[C@@H]1OCCc2cccc(F)c21.CNC[C@H]1OCCc2cccc(F)c21. The van der Waals surface area contributed by atoms with Crippen molar-refractivity contribution in [3.05, 3.63) is 164 Å². The minimum atomic E-state index is -0.151. The molecule has 6 heterocycles. The summed E-state index contributed by atoms with van der Waals surface area (Å²) in [5.41, 5.74) is 12.1. The van der Waals surface area contributed by atoms with Gasteiger partial charge in [-0.2, -0.15) is 0 Å². The number of hydrogen-bond acceptors (Lipinski definition) is 12. The lowest BCUT2D eigenvalue weighted by Crippen LogP contribution is -2.26. The lowest BCUT2D eigenvalue weighted by molar-refractivity contribution is 0.0409. The van der Waals surface area contributed by atoms with Crippen LogP contribution in [0, 0.1) is 24.4 Å². The second kappa shape index (κ2) is 28.0. The van der Waals surface area contributed by atoms with E-state index >= 15 is 0 Å². The summed E-state index contributed by atoms with van der Waals surface area (Å²) in [7, 11) is 9.46. The van der Waals surface area contributed by atoms with Gasteiger partial charge >= 0.3 is 0 Å². The Labute approximate surface area is 424 Å². The molecule has 6 aliphatic heterocycles. The number of nitrogens with one attached hydrogen (secondary N) is 5. The van der Waals surface area contributed by atoms with Gasteiger partial charge in [0, 0.05) is 49.4 Å². The molecule has 15 heteroatoms. The lowest BCUT2D eigenvalue weighted by Gasteiger charge is -2.26. The first-order valence-electron chi connectivity index (χ1n) is 25.3. The number of hydrogen-bond donors (Lipinski definition) is 5. The zero-order valence-corrected chi connectivity index (χ0v) is 42.8. The quantitative estimate of drug-likeness (QED) is 0.0931. The number of benzene rings is 5. The van der Waals surface area contributed by atoms with E-state index in [1.54, 1.807) is 18.2 Å². The molecule has 5 N–H and O–H groups in total. The van der Waals surface area contributed by atoms with Gasteiger partial charge in [0.15, 0.2) is 11.5 Å². The van der Waals surface area contributed by atoms with Crippen molar-refractivity contribution in [1.82, 2.24) is 26.6 Å². The second-order valence-electron chi connectivity index (χ2n) is 18.3. The normalized spacial score (nSPS) is 20.9. The molecule has 5 aromatic carbocycles. The molecule has 11 rings (SSSR count). The zero-order valence-electron chi connectivity index (χ0n) is 42.8. The fourth-order valence-corrected chi connectivity index (χ4v) is 10.1. The number of aryl methyl sites for hydroxylation is 1. The molecule has 5 atom stereocenters. The van der Waals surface area contributed by atoms with Crippen molar-refractivity contribution in [2.75, 3.05) is 108 Å². The van der Waals surface area contributed by atoms with Crippen LogP contribution in [0.15, 0.2) is 84.9 Å². The van der Waals surface area contributed by atoms with E-state index in [0.717, 1.165) is 109 Å². The molecule has 0 bridgehead atoms. The Morgan fingerprint density at radius 2 is 0.875 bits per heavy atom. The fourth-order valence-electron chi connectivity index (χ4n) is 10.1. The van der Waals surface area contributed by atoms with Crippen molar-refractivity contribution in [2.24, 2.45) is 0 Å². The van der Waals surface area contributed by atoms with Gasteiger partial charge in [-0.25, -0.2) is 13.2 Å². The molecule has 0 aliphatic carbocycles. The summed E-state index contributed by atoms with van der Waals surface area (Å²) < 4.78 is 79.5. The Hall–Kier alpha value is -4.91. The van der Waals surface area contributed by atoms with Crippen molar-refractivity contribution in [2.45, 2.75) is 69.5 Å². The van der Waals surface area contributed by atoms with E-state index in [9.17, 15) is 13.2 Å². The van der Waals surface area contributed by atoms with Crippen LogP contribution in [0.2, 0.25) is 0 Å². The van der Waals surface area contributed by atoms with Crippen molar-refractivity contribution in [1.29, 1.82) is 0 Å². The van der Waals surface area contributed by atoms with Crippen LogP contribution in [0.4, 0.5) is 13.2 Å². The first-order chi connectivity index (χ1) is 35.2. The average molecular weight is 998 g/mol. The van der Waals surface area contributed by atoms with Crippen LogP contribution in [-0.2, 0) is 55.8 Å². The highest BCUT2D eigenvalue weighted by Gasteiger charge is 2.30. The van der Waals surface area contributed by atoms with Crippen LogP contribution < -0.4 is 36.1 Å². The Balaban J connectivity index is 0.000000132. The number of rotatable bonds is 10. The third-order valence-electron chi connectivity index (χ3n) is 13.4. The number of likely N-dealkylation sites (N-methyl/N-ethyl adjacent to an activating group) is 5. The molecule has 390 valence electrons. The highest BCUT2D eigenvalue weighted by molar-refractivity contribution is 5.54. The maximum Gasteiger partial charge on any atom is 0.231 e. The minimum absolute atomic E-state index is 0.000509. The van der Waals surface area contributed by atoms with Crippen LogP contribution in [0.25, 0.3) is 0 Å². The predicted molar refractivity (Wildman–Crippen MR) is 275 cm³/mol. The van der Waals surface area contributed by atoms with Crippen LogP contribution in [0.1, 0.15) is 91.7 Å². The molecular weight excluding hydrogens is 924 g/mol. The van der Waals surface area contributed by atoms with Crippen molar-refractivity contribution in [3.8, 4) is 11.5 Å². The summed E-state index contributed by atoms with van der Waals surface area (Å²) in [5, 5.41) is 15.4. The second-order valence-corrected chi connectivity index (χ2v) is 18.3. The van der Waals surface area contributed by atoms with Crippen LogP contribution in [0.5, 0.6) is 11.5 Å². The first kappa shape index (κ1) is 54.9. The first-order valence-corrected chi connectivity index (χ1v) is 25.3. The third kappa shape index (κ3) is 14.0. The summed E-state index contributed by atoms with van der Waals surface area (Å²) >= 11 is 0. The molecule has 0 spiro atoms. The Morgan fingerprint density at radius 3 is 1.43 bits per heavy atom. The molecule has 0 radical (unpaired) electrons. The van der Waals surface area contributed by atoms with Gasteiger partial charge in [0.2, 0.25) is 6.79 Å². The van der Waals surface area contributed by atoms with E-state index in [-0.39, 0.29) is 48.0 Å². The van der Waals surface area contributed by atoms with Gasteiger partial charge in [-0.05, 0) is 137 Å². The van der Waals surface area contributed by atoms with Gasteiger partial charge < -0.3 is 59.7 Å². The van der Waals surface area contributed by atoms with Gasteiger partial charge in [0.25, 0.3) is 0 Å². The minimum Gasteiger partial charge on any atom is -0.454 e. The van der Waals surface area contributed by atoms with E-state index in [1.807, 2.05) is 59.5 Å². The van der Waals surface area contributed by atoms with Crippen LogP contribution in [0.3, 0.4) is 0 Å². The third-order valence-corrected chi connectivity index (χ3v) is 13.4. The summed E-state index contributed by atoms with van der Waals surface area (Å²) in [5.74, 6) is 1.31. The molecule has 0 saturated carbocycles. The molecule has 5 aromatic rings. The van der Waals surface area contributed by atoms with E-state index in [0.29, 0.717) is 46.1 Å². The lowest BCUT2D eigenvalue weighted by atomic mass is 9.96. The van der Waals surface area contributed by atoms with Gasteiger partial charge in [-0.3, -0.25) is 0 Å². The molecular formula is C57H74F3N5O7. The Morgan fingerprint density at radius 1 is 0.431 bits per heavy atom. The molecule has 12 nitrogen and oxygen atoms in total. The Kier molecular flexibility index (Phi) is 21.3. The van der Waals surface area contributed by atoms with Crippen molar-refractivity contribution in [3.63, 3.8) is 0 Å². The Bertz CT molecular complexity index is 2430. The van der Waals surface area contributed by atoms with Gasteiger partial charge in [-0.1, -0.05) is 66.2 Å². The average Bonchev–Trinajstić information content (AvgIpc) is 3.88. The monoisotopic (exact) mass is 998 g/mol. The highest BCUT2D eigenvalue weighted by Crippen LogP contribution is 2.43. The molecule has 0 aromatic heterocycles. The van der Waals surface area contributed by atoms with Crippen molar-refractivity contribution >= 4 is 0 Å². The summed E-state index contributed by atoms with van der Waals surface area (Å²) in [6.07, 6.45) is 4.36. The smallest absolute Gasteiger partial charge is 0.231 e. The molecule has 72 heavy (non-hydrogen) atoms. The molecule has 0 saturated heterocycles. The topological polar surface area (TPSA) is 125 Å². The van der Waals surface area contributed by atoms with E-state index < -0.39 is 0 Å². The van der Waals surface area contributed by atoms with E-state index in [2.05, 4.69) is 57.8 Å². The maximum atomic E-state index is 13.5. The fraction of sp³-hybridized carbons (Fsp3) is 0.474. The molecule has 0 amide bonds. The largest absolute Gasteiger partial charge is 0.454 e.